The molecule has 6 nitrogen and oxygen atoms in total. The number of carbonyl (C=O) groups is 1. The van der Waals surface area contributed by atoms with Crippen LogP contribution >= 0.6 is 11.8 Å². The fraction of sp³-hybridized carbons (Fsp3) is 0.417. The number of thioether (sulfide) groups is 1. The molecule has 0 radical (unpaired) electrons. The fourth-order valence-corrected chi connectivity index (χ4v) is 3.11. The van der Waals surface area contributed by atoms with Crippen LogP contribution in [0.15, 0.2) is 18.2 Å². The van der Waals surface area contributed by atoms with Crippen LogP contribution in [0.3, 0.4) is 0 Å². The van der Waals surface area contributed by atoms with Crippen molar-refractivity contribution < 1.29 is 14.8 Å². The van der Waals surface area contributed by atoms with Crippen LogP contribution in [-0.2, 0) is 0 Å². The second-order valence-electron chi connectivity index (χ2n) is 4.33. The lowest BCUT2D eigenvalue weighted by Crippen LogP contribution is -2.25. The van der Waals surface area contributed by atoms with Crippen molar-refractivity contribution in [2.75, 3.05) is 16.8 Å². The monoisotopic (exact) mass is 282 g/mol. The van der Waals surface area contributed by atoms with E-state index in [-0.39, 0.29) is 17.3 Å². The third kappa shape index (κ3) is 3.37. The molecular weight excluding hydrogens is 268 g/mol. The van der Waals surface area contributed by atoms with Gasteiger partial charge in [0.05, 0.1) is 10.5 Å². The molecule has 1 saturated heterocycles. The maximum atomic E-state index is 11.0. The Balaban J connectivity index is 2.26. The Labute approximate surface area is 114 Å². The lowest BCUT2D eigenvalue weighted by Gasteiger charge is -2.23. The van der Waals surface area contributed by atoms with Gasteiger partial charge < -0.3 is 10.4 Å². The number of nitro benzene ring substituents is 1. The predicted molar refractivity (Wildman–Crippen MR) is 74.0 cm³/mol. The Morgan fingerprint density at radius 2 is 2.11 bits per heavy atom. The Morgan fingerprint density at radius 3 is 2.68 bits per heavy atom. The molecule has 7 heteroatoms. The van der Waals surface area contributed by atoms with E-state index in [1.165, 1.54) is 18.2 Å². The Hall–Kier alpha value is -1.76. The summed E-state index contributed by atoms with van der Waals surface area (Å²) in [6.45, 7) is 0. The number of nitrogens with zero attached hydrogens (tertiary/aromatic N) is 1. The first-order valence-corrected chi connectivity index (χ1v) is 7.09. The fourth-order valence-electron chi connectivity index (χ4n) is 2.01. The van der Waals surface area contributed by atoms with E-state index < -0.39 is 10.9 Å². The number of rotatable bonds is 4. The van der Waals surface area contributed by atoms with Crippen LogP contribution in [0.1, 0.15) is 23.2 Å². The molecule has 102 valence electrons. The van der Waals surface area contributed by atoms with Crippen LogP contribution < -0.4 is 5.32 Å². The predicted octanol–water partition coefficient (Wildman–Crippen LogP) is 2.60. The minimum Gasteiger partial charge on any atom is -0.478 e. The van der Waals surface area contributed by atoms with Gasteiger partial charge in [0.25, 0.3) is 5.69 Å². The second kappa shape index (κ2) is 5.92. The zero-order valence-electron chi connectivity index (χ0n) is 10.2. The Kier molecular flexibility index (Phi) is 4.26. The SMILES string of the molecule is O=C(O)c1ccc([N+](=O)[O-])c(NC2CCSCC2)c1. The number of anilines is 1. The average Bonchev–Trinajstić information content (AvgIpc) is 2.39. The van der Waals surface area contributed by atoms with Crippen molar-refractivity contribution in [1.29, 1.82) is 0 Å². The summed E-state index contributed by atoms with van der Waals surface area (Å²) in [6.07, 6.45) is 1.86. The van der Waals surface area contributed by atoms with E-state index in [0.717, 1.165) is 24.3 Å². The highest BCUT2D eigenvalue weighted by molar-refractivity contribution is 7.99. The summed E-state index contributed by atoms with van der Waals surface area (Å²) in [4.78, 5) is 21.4. The molecule has 1 heterocycles. The molecule has 0 aromatic heterocycles. The van der Waals surface area contributed by atoms with E-state index in [1.807, 2.05) is 11.8 Å². The van der Waals surface area contributed by atoms with Gasteiger partial charge in [0.15, 0.2) is 0 Å². The van der Waals surface area contributed by atoms with Crippen molar-refractivity contribution in [2.24, 2.45) is 0 Å². The molecule has 0 unspecified atom stereocenters. The number of benzene rings is 1. The first kappa shape index (κ1) is 13.7. The molecule has 0 bridgehead atoms. The highest BCUT2D eigenvalue weighted by atomic mass is 32.2. The zero-order chi connectivity index (χ0) is 13.8. The largest absolute Gasteiger partial charge is 0.478 e. The standard InChI is InChI=1S/C12H14N2O4S/c15-12(16)8-1-2-11(14(17)18)10(7-8)13-9-3-5-19-6-4-9/h1-2,7,9,13H,3-6H2,(H,15,16). The van der Waals surface area contributed by atoms with E-state index >= 15 is 0 Å². The van der Waals surface area contributed by atoms with Crippen molar-refractivity contribution in [3.05, 3.63) is 33.9 Å². The molecule has 1 fully saturated rings. The molecular formula is C12H14N2O4S. The highest BCUT2D eigenvalue weighted by Gasteiger charge is 2.20. The van der Waals surface area contributed by atoms with Gasteiger partial charge in [0.2, 0.25) is 0 Å². The van der Waals surface area contributed by atoms with Crippen molar-refractivity contribution >= 4 is 29.1 Å². The Bertz CT molecular complexity index is 501. The normalized spacial score (nSPS) is 16.0. The molecule has 19 heavy (non-hydrogen) atoms. The number of carboxylic acid groups (broad SMARTS) is 1. The van der Waals surface area contributed by atoms with Crippen LogP contribution in [0, 0.1) is 10.1 Å². The van der Waals surface area contributed by atoms with Gasteiger partial charge in [-0.05, 0) is 36.5 Å². The van der Waals surface area contributed by atoms with Gasteiger partial charge in [-0.15, -0.1) is 0 Å². The van der Waals surface area contributed by atoms with Crippen molar-refractivity contribution in [1.82, 2.24) is 0 Å². The number of nitro groups is 1. The molecule has 0 spiro atoms. The highest BCUT2D eigenvalue weighted by Crippen LogP contribution is 2.29. The number of nitrogens with one attached hydrogen (secondary N) is 1. The second-order valence-corrected chi connectivity index (χ2v) is 5.55. The van der Waals surface area contributed by atoms with Gasteiger partial charge in [-0.25, -0.2) is 4.79 Å². The molecule has 1 aromatic carbocycles. The summed E-state index contributed by atoms with van der Waals surface area (Å²) >= 11 is 1.86. The first-order valence-electron chi connectivity index (χ1n) is 5.94. The molecule has 0 saturated carbocycles. The molecule has 1 aromatic rings. The van der Waals surface area contributed by atoms with E-state index in [0.29, 0.717) is 5.69 Å². The summed E-state index contributed by atoms with van der Waals surface area (Å²) in [5.74, 6) is 0.950. The average molecular weight is 282 g/mol. The summed E-state index contributed by atoms with van der Waals surface area (Å²) in [7, 11) is 0. The van der Waals surface area contributed by atoms with Gasteiger partial charge in [-0.2, -0.15) is 11.8 Å². The number of carboxylic acids is 1. The molecule has 0 amide bonds. The quantitative estimate of drug-likeness (QED) is 0.651. The molecule has 0 atom stereocenters. The van der Waals surface area contributed by atoms with Gasteiger partial charge in [-0.1, -0.05) is 0 Å². The lowest BCUT2D eigenvalue weighted by molar-refractivity contribution is -0.384. The molecule has 2 N–H and O–H groups in total. The van der Waals surface area contributed by atoms with Crippen molar-refractivity contribution in [3.63, 3.8) is 0 Å². The molecule has 1 aliphatic heterocycles. The van der Waals surface area contributed by atoms with E-state index in [2.05, 4.69) is 5.32 Å². The van der Waals surface area contributed by atoms with Crippen molar-refractivity contribution in [2.45, 2.75) is 18.9 Å². The lowest BCUT2D eigenvalue weighted by atomic mass is 10.1. The van der Waals surface area contributed by atoms with Gasteiger partial charge in [0.1, 0.15) is 5.69 Å². The third-order valence-corrected chi connectivity index (χ3v) is 4.07. The van der Waals surface area contributed by atoms with E-state index in [4.69, 9.17) is 5.11 Å². The summed E-state index contributed by atoms with van der Waals surface area (Å²) in [5.41, 5.74) is 0.267. The van der Waals surface area contributed by atoms with Gasteiger partial charge >= 0.3 is 5.97 Å². The first-order chi connectivity index (χ1) is 9.08. The summed E-state index contributed by atoms with van der Waals surface area (Å²) in [6, 6.07) is 4.00. The molecule has 2 rings (SSSR count). The zero-order valence-corrected chi connectivity index (χ0v) is 11.0. The summed E-state index contributed by atoms with van der Waals surface area (Å²) < 4.78 is 0. The van der Waals surface area contributed by atoms with Crippen LogP contribution in [0.4, 0.5) is 11.4 Å². The van der Waals surface area contributed by atoms with Crippen LogP contribution in [-0.4, -0.2) is 33.5 Å². The molecule has 1 aliphatic rings. The smallest absolute Gasteiger partial charge is 0.335 e. The van der Waals surface area contributed by atoms with Crippen LogP contribution in [0.2, 0.25) is 0 Å². The van der Waals surface area contributed by atoms with Crippen molar-refractivity contribution in [3.8, 4) is 0 Å². The van der Waals surface area contributed by atoms with Crippen LogP contribution in [0.25, 0.3) is 0 Å². The van der Waals surface area contributed by atoms with E-state index in [9.17, 15) is 14.9 Å². The van der Waals surface area contributed by atoms with Gasteiger partial charge in [-0.3, -0.25) is 10.1 Å². The topological polar surface area (TPSA) is 92.5 Å². The number of hydrogen-bond donors (Lipinski definition) is 2. The van der Waals surface area contributed by atoms with Gasteiger partial charge in [0, 0.05) is 12.1 Å². The van der Waals surface area contributed by atoms with Crippen LogP contribution in [0.5, 0.6) is 0 Å². The van der Waals surface area contributed by atoms with E-state index in [1.54, 1.807) is 0 Å². The minimum atomic E-state index is -1.09. The Morgan fingerprint density at radius 1 is 1.42 bits per heavy atom. The maximum absolute atomic E-state index is 11.0. The molecule has 0 aliphatic carbocycles. The maximum Gasteiger partial charge on any atom is 0.335 e. The third-order valence-electron chi connectivity index (χ3n) is 3.02. The number of hydrogen-bond acceptors (Lipinski definition) is 5. The number of aromatic carboxylic acids is 1. The summed E-state index contributed by atoms with van der Waals surface area (Å²) in [5, 5.41) is 23.0. The minimum absolute atomic E-state index is 0.0540.